The van der Waals surface area contributed by atoms with E-state index in [9.17, 15) is 24.5 Å². The smallest absolute Gasteiger partial charge is 0.240 e. The maximum absolute atomic E-state index is 14.5. The van der Waals surface area contributed by atoms with E-state index in [0.717, 1.165) is 0 Å². The fourth-order valence-electron chi connectivity index (χ4n) is 3.78. The number of allylic oxidation sites excluding steroid dienone is 2. The van der Waals surface area contributed by atoms with Crippen LogP contribution in [0.4, 0.5) is 4.39 Å². The Kier molecular flexibility index (Phi) is 4.09. The first-order chi connectivity index (χ1) is 12.4. The van der Waals surface area contributed by atoms with Crippen LogP contribution in [0.1, 0.15) is 18.4 Å². The molecule has 0 aromatic heterocycles. The highest BCUT2D eigenvalue weighted by Gasteiger charge is 2.62. The number of carbonyl (C=O) groups excluding carboxylic acids is 2. The van der Waals surface area contributed by atoms with Gasteiger partial charge in [-0.05, 0) is 18.6 Å². The van der Waals surface area contributed by atoms with Crippen LogP contribution < -0.4 is 5.73 Å². The van der Waals surface area contributed by atoms with Crippen molar-refractivity contribution in [1.82, 2.24) is 4.90 Å². The Morgan fingerprint density at radius 2 is 1.92 bits per heavy atom. The molecule has 7 heteroatoms. The van der Waals surface area contributed by atoms with Crippen molar-refractivity contribution in [2.24, 2.45) is 11.1 Å². The number of nitrogens with two attached hydrogens (primary N) is 1. The van der Waals surface area contributed by atoms with E-state index in [1.807, 2.05) is 12.1 Å². The predicted molar refractivity (Wildman–Crippen MR) is 89.3 cm³/mol. The Hall–Kier alpha value is -3.45. The van der Waals surface area contributed by atoms with Crippen molar-refractivity contribution in [3.8, 4) is 12.1 Å². The number of hydrogen-bond donors (Lipinski definition) is 1. The Morgan fingerprint density at radius 1 is 1.27 bits per heavy atom. The molecule has 0 radical (unpaired) electrons. The second-order valence-electron chi connectivity index (χ2n) is 6.33. The minimum absolute atomic E-state index is 0.0694. The fourth-order valence-corrected chi connectivity index (χ4v) is 3.78. The summed E-state index contributed by atoms with van der Waals surface area (Å²) in [7, 11) is 0. The van der Waals surface area contributed by atoms with E-state index in [4.69, 9.17) is 5.73 Å². The lowest BCUT2D eigenvalue weighted by atomic mass is 9.69. The molecule has 0 saturated carbocycles. The molecule has 2 heterocycles. The van der Waals surface area contributed by atoms with Gasteiger partial charge in [0, 0.05) is 11.8 Å². The third kappa shape index (κ3) is 2.29. The van der Waals surface area contributed by atoms with Gasteiger partial charge in [0.05, 0.1) is 24.1 Å². The molecule has 1 aromatic carbocycles. The summed E-state index contributed by atoms with van der Waals surface area (Å²) in [4.78, 5) is 25.4. The Balaban J connectivity index is 2.28. The summed E-state index contributed by atoms with van der Waals surface area (Å²) in [5.74, 6) is -2.77. The summed E-state index contributed by atoms with van der Waals surface area (Å²) in [5, 5.41) is 19.7. The van der Waals surface area contributed by atoms with Crippen LogP contribution in [0, 0.1) is 33.9 Å². The van der Waals surface area contributed by atoms with E-state index in [0.29, 0.717) is 5.57 Å². The molecule has 2 aliphatic heterocycles. The molecule has 1 saturated heterocycles. The largest absolute Gasteiger partial charge is 0.368 e. The van der Waals surface area contributed by atoms with Gasteiger partial charge in [-0.1, -0.05) is 30.4 Å². The fraction of sp³-hybridized carbons (Fsp3) is 0.263. The molecule has 2 aliphatic rings. The number of rotatable bonds is 3. The van der Waals surface area contributed by atoms with E-state index in [2.05, 4.69) is 0 Å². The lowest BCUT2D eigenvalue weighted by Crippen LogP contribution is -2.43. The molecule has 26 heavy (non-hydrogen) atoms. The van der Waals surface area contributed by atoms with Gasteiger partial charge in [-0.2, -0.15) is 10.5 Å². The van der Waals surface area contributed by atoms with Crippen LogP contribution in [0.5, 0.6) is 0 Å². The average Bonchev–Trinajstić information content (AvgIpc) is 2.92. The highest BCUT2D eigenvalue weighted by molar-refractivity contribution is 5.96. The van der Waals surface area contributed by atoms with Gasteiger partial charge in [0.2, 0.25) is 5.91 Å². The lowest BCUT2D eigenvalue weighted by Gasteiger charge is -2.30. The first-order valence-corrected chi connectivity index (χ1v) is 7.92. The zero-order chi connectivity index (χ0) is 19.1. The van der Waals surface area contributed by atoms with Gasteiger partial charge in [0.15, 0.2) is 11.2 Å². The maximum Gasteiger partial charge on any atom is 0.240 e. The number of nitrogens with zero attached hydrogens (tertiary/aromatic N) is 3. The van der Waals surface area contributed by atoms with Gasteiger partial charge in [-0.3, -0.25) is 9.59 Å². The van der Waals surface area contributed by atoms with Crippen LogP contribution in [0.2, 0.25) is 0 Å². The molecule has 6 nitrogen and oxygen atoms in total. The van der Waals surface area contributed by atoms with Crippen LogP contribution in [0.15, 0.2) is 48.2 Å². The number of benzene rings is 1. The van der Waals surface area contributed by atoms with Gasteiger partial charge in [0.1, 0.15) is 11.9 Å². The molecule has 3 unspecified atom stereocenters. The van der Waals surface area contributed by atoms with E-state index in [1.165, 1.54) is 48.4 Å². The average molecular weight is 350 g/mol. The van der Waals surface area contributed by atoms with Crippen molar-refractivity contribution in [3.05, 3.63) is 59.6 Å². The molecule has 3 atom stereocenters. The minimum atomic E-state index is -1.74. The predicted octanol–water partition coefficient (Wildman–Crippen LogP) is 1.52. The molecule has 1 aromatic rings. The van der Waals surface area contributed by atoms with Gasteiger partial charge < -0.3 is 10.6 Å². The van der Waals surface area contributed by atoms with E-state index in [-0.39, 0.29) is 11.3 Å². The van der Waals surface area contributed by atoms with Gasteiger partial charge in [-0.15, -0.1) is 0 Å². The van der Waals surface area contributed by atoms with Crippen LogP contribution in [0.25, 0.3) is 0 Å². The summed E-state index contributed by atoms with van der Waals surface area (Å²) in [6.07, 6.45) is 4.46. The summed E-state index contributed by atoms with van der Waals surface area (Å²) < 4.78 is 14.5. The highest BCUT2D eigenvalue weighted by atomic mass is 19.1. The van der Waals surface area contributed by atoms with Crippen molar-refractivity contribution >= 4 is 11.7 Å². The number of carbonyl (C=O) groups is 2. The number of amides is 1. The van der Waals surface area contributed by atoms with E-state index < -0.39 is 35.1 Å². The van der Waals surface area contributed by atoms with Gasteiger partial charge >= 0.3 is 0 Å². The third-order valence-corrected chi connectivity index (χ3v) is 4.97. The number of Topliss-reactive ketones (excluding diaryl/α,β-unsaturated/α-hetero) is 1. The van der Waals surface area contributed by atoms with Crippen LogP contribution in [0.3, 0.4) is 0 Å². The molecule has 1 fully saturated rings. The Labute approximate surface area is 149 Å². The quantitative estimate of drug-likeness (QED) is 0.888. The van der Waals surface area contributed by atoms with Crippen LogP contribution >= 0.6 is 0 Å². The number of ketones is 1. The Bertz CT molecular complexity index is 924. The van der Waals surface area contributed by atoms with Gasteiger partial charge in [0.25, 0.3) is 0 Å². The summed E-state index contributed by atoms with van der Waals surface area (Å²) in [6, 6.07) is 7.70. The lowest BCUT2D eigenvalue weighted by molar-refractivity contribution is -0.122. The van der Waals surface area contributed by atoms with Crippen LogP contribution in [-0.4, -0.2) is 28.7 Å². The topological polar surface area (TPSA) is 111 Å². The molecule has 3 rings (SSSR count). The highest BCUT2D eigenvalue weighted by Crippen LogP contribution is 2.53. The molecule has 1 amide bonds. The second kappa shape index (κ2) is 6.12. The van der Waals surface area contributed by atoms with E-state index >= 15 is 0 Å². The minimum Gasteiger partial charge on any atom is -0.368 e. The van der Waals surface area contributed by atoms with Crippen LogP contribution in [-0.2, 0) is 9.59 Å². The number of nitriles is 2. The molecule has 0 aliphatic carbocycles. The standard InChI is InChI=1S/C19H15FN4O2/c1-11(25)12-6-7-15-19(9-21,10-22)16(13-4-2-3-5-14(13)20)17(18(23)26)24(15)8-12/h2-8,15-17H,1H3,(H2,23,26). The zero-order valence-electron chi connectivity index (χ0n) is 13.9. The normalized spacial score (nSPS) is 25.6. The Morgan fingerprint density at radius 3 is 2.46 bits per heavy atom. The van der Waals surface area contributed by atoms with Crippen molar-refractivity contribution in [2.45, 2.75) is 24.9 Å². The maximum atomic E-state index is 14.5. The second-order valence-corrected chi connectivity index (χ2v) is 6.33. The first kappa shape index (κ1) is 17.4. The zero-order valence-corrected chi connectivity index (χ0v) is 13.9. The van der Waals surface area contributed by atoms with E-state index in [1.54, 1.807) is 6.07 Å². The summed E-state index contributed by atoms with van der Waals surface area (Å²) in [6.45, 7) is 1.36. The molecule has 2 N–H and O–H groups in total. The van der Waals surface area contributed by atoms with Crippen molar-refractivity contribution in [2.75, 3.05) is 0 Å². The number of halogens is 1. The monoisotopic (exact) mass is 350 g/mol. The third-order valence-electron chi connectivity index (χ3n) is 4.97. The van der Waals surface area contributed by atoms with Crippen molar-refractivity contribution in [1.29, 1.82) is 10.5 Å². The van der Waals surface area contributed by atoms with Gasteiger partial charge in [-0.25, -0.2) is 4.39 Å². The number of hydrogen-bond acceptors (Lipinski definition) is 5. The molecular formula is C19H15FN4O2. The van der Waals surface area contributed by atoms with Crippen molar-refractivity contribution in [3.63, 3.8) is 0 Å². The van der Waals surface area contributed by atoms with Crippen molar-refractivity contribution < 1.29 is 14.0 Å². The molecule has 0 bridgehead atoms. The first-order valence-electron chi connectivity index (χ1n) is 7.92. The molecule has 130 valence electrons. The molecule has 0 spiro atoms. The molecular weight excluding hydrogens is 335 g/mol. The number of primary amides is 1. The number of fused-ring (bicyclic) bond motifs is 1. The SMILES string of the molecule is CC(=O)C1=CN2C(C(N)=O)C(c3ccccc3F)C(C#N)(C#N)C2C=C1. The summed E-state index contributed by atoms with van der Waals surface area (Å²) >= 11 is 0. The summed E-state index contributed by atoms with van der Waals surface area (Å²) in [5.41, 5.74) is 4.22.